The Morgan fingerprint density at radius 2 is 2.09 bits per heavy atom. The predicted octanol–water partition coefficient (Wildman–Crippen LogP) is 2.82. The van der Waals surface area contributed by atoms with E-state index in [-0.39, 0.29) is 5.28 Å². The van der Waals surface area contributed by atoms with E-state index in [1.165, 1.54) is 0 Å². The molecule has 0 N–H and O–H groups in total. The highest BCUT2D eigenvalue weighted by atomic mass is 35.5. The van der Waals surface area contributed by atoms with Gasteiger partial charge in [-0.2, -0.15) is 4.98 Å². The van der Waals surface area contributed by atoms with Crippen LogP contribution in [0.4, 0.5) is 5.82 Å². The van der Waals surface area contributed by atoms with Gasteiger partial charge in [-0.3, -0.25) is 0 Å². The summed E-state index contributed by atoms with van der Waals surface area (Å²) in [6, 6.07) is 2.06. The maximum Gasteiger partial charge on any atom is 0.229 e. The van der Waals surface area contributed by atoms with Crippen molar-refractivity contribution in [1.29, 1.82) is 0 Å². The van der Waals surface area contributed by atoms with Crippen molar-refractivity contribution in [2.45, 2.75) is 13.3 Å². The number of rotatable bonds is 2. The average molecular weight is 319 g/mol. The highest BCUT2D eigenvalue weighted by Gasteiger charge is 2.22. The SMILES string of the molecule is CCc1cnc2oc3c(N4CCOCC4)nc(Cl)nc3c2c1. The highest BCUT2D eigenvalue weighted by Crippen LogP contribution is 2.33. The molecular formula is C15H15ClN4O2. The van der Waals surface area contributed by atoms with E-state index in [0.717, 1.165) is 36.0 Å². The van der Waals surface area contributed by atoms with E-state index in [9.17, 15) is 0 Å². The summed E-state index contributed by atoms with van der Waals surface area (Å²) in [5.41, 5.74) is 3.07. The quantitative estimate of drug-likeness (QED) is 0.677. The second-order valence-corrected chi connectivity index (χ2v) is 5.58. The molecular weight excluding hydrogens is 304 g/mol. The number of halogens is 1. The van der Waals surface area contributed by atoms with E-state index in [1.807, 2.05) is 6.20 Å². The number of pyridine rings is 1. The number of ether oxygens (including phenoxy) is 1. The zero-order valence-corrected chi connectivity index (χ0v) is 12.9. The van der Waals surface area contributed by atoms with Crippen molar-refractivity contribution in [2.75, 3.05) is 31.2 Å². The number of aryl methyl sites for hydroxylation is 1. The van der Waals surface area contributed by atoms with Crippen molar-refractivity contribution in [3.05, 3.63) is 23.1 Å². The Kier molecular flexibility index (Phi) is 3.35. The summed E-state index contributed by atoms with van der Waals surface area (Å²) in [7, 11) is 0. The minimum Gasteiger partial charge on any atom is -0.432 e. The van der Waals surface area contributed by atoms with Gasteiger partial charge in [-0.1, -0.05) is 6.92 Å². The smallest absolute Gasteiger partial charge is 0.229 e. The number of aromatic nitrogens is 3. The summed E-state index contributed by atoms with van der Waals surface area (Å²) in [4.78, 5) is 15.2. The van der Waals surface area contributed by atoms with Crippen molar-refractivity contribution in [3.8, 4) is 0 Å². The number of nitrogens with zero attached hydrogens (tertiary/aromatic N) is 4. The minimum absolute atomic E-state index is 0.221. The maximum absolute atomic E-state index is 6.13. The van der Waals surface area contributed by atoms with Crippen LogP contribution in [0.1, 0.15) is 12.5 Å². The molecule has 1 saturated heterocycles. The number of furan rings is 1. The van der Waals surface area contributed by atoms with Crippen molar-refractivity contribution in [3.63, 3.8) is 0 Å². The van der Waals surface area contributed by atoms with E-state index in [0.29, 0.717) is 30.3 Å². The van der Waals surface area contributed by atoms with Crippen LogP contribution in [0.15, 0.2) is 16.7 Å². The lowest BCUT2D eigenvalue weighted by molar-refractivity contribution is 0.122. The number of anilines is 1. The molecule has 0 amide bonds. The topological polar surface area (TPSA) is 64.3 Å². The summed E-state index contributed by atoms with van der Waals surface area (Å²) < 4.78 is 11.3. The molecule has 1 aliphatic heterocycles. The molecule has 0 bridgehead atoms. The van der Waals surface area contributed by atoms with E-state index in [2.05, 4.69) is 32.8 Å². The Hall–Kier alpha value is -1.92. The summed E-state index contributed by atoms with van der Waals surface area (Å²) in [6.45, 7) is 4.94. The average Bonchev–Trinajstić information content (AvgIpc) is 2.92. The van der Waals surface area contributed by atoms with Gasteiger partial charge in [-0.05, 0) is 29.7 Å². The van der Waals surface area contributed by atoms with Crippen LogP contribution < -0.4 is 4.90 Å². The Labute approximate surface area is 132 Å². The Balaban J connectivity index is 1.97. The van der Waals surface area contributed by atoms with Gasteiger partial charge < -0.3 is 14.1 Å². The molecule has 22 heavy (non-hydrogen) atoms. The van der Waals surface area contributed by atoms with Gasteiger partial charge in [0.15, 0.2) is 11.4 Å². The first-order valence-corrected chi connectivity index (χ1v) is 7.71. The fraction of sp³-hybridized carbons (Fsp3) is 0.400. The lowest BCUT2D eigenvalue weighted by Crippen LogP contribution is -2.36. The molecule has 0 aliphatic carbocycles. The molecule has 1 fully saturated rings. The lowest BCUT2D eigenvalue weighted by atomic mass is 10.2. The summed E-state index contributed by atoms with van der Waals surface area (Å²) in [6.07, 6.45) is 2.74. The van der Waals surface area contributed by atoms with Gasteiger partial charge in [0.1, 0.15) is 5.52 Å². The van der Waals surface area contributed by atoms with Crippen LogP contribution in [-0.2, 0) is 11.2 Å². The molecule has 0 saturated carbocycles. The van der Waals surface area contributed by atoms with Gasteiger partial charge in [-0.15, -0.1) is 0 Å². The molecule has 114 valence electrons. The van der Waals surface area contributed by atoms with Crippen LogP contribution in [0.2, 0.25) is 5.28 Å². The first-order chi connectivity index (χ1) is 10.8. The zero-order chi connectivity index (χ0) is 15.1. The second kappa shape index (κ2) is 5.37. The molecule has 3 aromatic rings. The Bertz CT molecular complexity index is 842. The summed E-state index contributed by atoms with van der Waals surface area (Å²) >= 11 is 6.13. The first kappa shape index (κ1) is 13.7. The van der Waals surface area contributed by atoms with E-state index in [1.54, 1.807) is 0 Å². The molecule has 7 heteroatoms. The van der Waals surface area contributed by atoms with Crippen molar-refractivity contribution in [1.82, 2.24) is 15.0 Å². The van der Waals surface area contributed by atoms with Crippen molar-refractivity contribution < 1.29 is 9.15 Å². The van der Waals surface area contributed by atoms with Gasteiger partial charge in [0.25, 0.3) is 0 Å². The third-order valence-corrected chi connectivity index (χ3v) is 4.07. The van der Waals surface area contributed by atoms with Crippen LogP contribution in [-0.4, -0.2) is 41.3 Å². The predicted molar refractivity (Wildman–Crippen MR) is 84.5 cm³/mol. The van der Waals surface area contributed by atoms with Crippen LogP contribution in [0.3, 0.4) is 0 Å². The molecule has 0 atom stereocenters. The number of hydrogen-bond donors (Lipinski definition) is 0. The third kappa shape index (κ3) is 2.19. The highest BCUT2D eigenvalue weighted by molar-refractivity contribution is 6.29. The molecule has 4 rings (SSSR count). The molecule has 1 aliphatic rings. The fourth-order valence-electron chi connectivity index (χ4n) is 2.71. The summed E-state index contributed by atoms with van der Waals surface area (Å²) in [5.74, 6) is 0.717. The van der Waals surface area contributed by atoms with Crippen LogP contribution >= 0.6 is 11.6 Å². The minimum atomic E-state index is 0.221. The zero-order valence-electron chi connectivity index (χ0n) is 12.2. The molecule has 6 nitrogen and oxygen atoms in total. The Morgan fingerprint density at radius 1 is 1.27 bits per heavy atom. The molecule has 3 aromatic heterocycles. The van der Waals surface area contributed by atoms with Crippen molar-refractivity contribution in [2.24, 2.45) is 0 Å². The fourth-order valence-corrected chi connectivity index (χ4v) is 2.88. The largest absolute Gasteiger partial charge is 0.432 e. The van der Waals surface area contributed by atoms with Gasteiger partial charge in [0, 0.05) is 19.3 Å². The number of morpholine rings is 1. The first-order valence-electron chi connectivity index (χ1n) is 7.33. The van der Waals surface area contributed by atoms with E-state index < -0.39 is 0 Å². The third-order valence-electron chi connectivity index (χ3n) is 3.90. The lowest BCUT2D eigenvalue weighted by Gasteiger charge is -2.27. The second-order valence-electron chi connectivity index (χ2n) is 5.25. The molecule has 4 heterocycles. The normalized spacial score (nSPS) is 15.8. The molecule has 0 spiro atoms. The van der Waals surface area contributed by atoms with Crippen LogP contribution in [0, 0.1) is 0 Å². The van der Waals surface area contributed by atoms with Gasteiger partial charge in [-0.25, -0.2) is 9.97 Å². The van der Waals surface area contributed by atoms with Gasteiger partial charge in [0.2, 0.25) is 11.0 Å². The Morgan fingerprint density at radius 3 is 2.86 bits per heavy atom. The van der Waals surface area contributed by atoms with E-state index >= 15 is 0 Å². The standard InChI is InChI=1S/C15H15ClN4O2/c1-2-9-7-10-11-12(22-14(10)17-8-9)13(19-15(16)18-11)20-3-5-21-6-4-20/h7-8H,2-6H2,1H3. The monoisotopic (exact) mass is 318 g/mol. The van der Waals surface area contributed by atoms with E-state index in [4.69, 9.17) is 20.8 Å². The van der Waals surface area contributed by atoms with Crippen LogP contribution in [0.25, 0.3) is 22.2 Å². The van der Waals surface area contributed by atoms with Crippen LogP contribution in [0.5, 0.6) is 0 Å². The van der Waals surface area contributed by atoms with Gasteiger partial charge in [0.05, 0.1) is 18.6 Å². The molecule has 0 radical (unpaired) electrons. The molecule has 0 unspecified atom stereocenters. The maximum atomic E-state index is 6.13. The van der Waals surface area contributed by atoms with Crippen molar-refractivity contribution >= 4 is 39.6 Å². The van der Waals surface area contributed by atoms with Gasteiger partial charge >= 0.3 is 0 Å². The summed E-state index contributed by atoms with van der Waals surface area (Å²) in [5, 5.41) is 1.10. The number of fused-ring (bicyclic) bond motifs is 3. The number of hydrogen-bond acceptors (Lipinski definition) is 6. The molecule has 0 aromatic carbocycles.